The van der Waals surface area contributed by atoms with E-state index < -0.39 is 11.3 Å². The van der Waals surface area contributed by atoms with Crippen LogP contribution >= 0.6 is 11.3 Å². The van der Waals surface area contributed by atoms with Crippen LogP contribution in [0.1, 0.15) is 0 Å². The van der Waals surface area contributed by atoms with E-state index in [0.29, 0.717) is 5.01 Å². The number of nitrogens with zero attached hydrogens (tertiary/aromatic N) is 1. The van der Waals surface area contributed by atoms with Gasteiger partial charge in [-0.3, -0.25) is 4.79 Å². The monoisotopic (exact) mass is 227 g/mol. The Kier molecular flexibility index (Phi) is 4.47. The Morgan fingerprint density at radius 2 is 1.87 bits per heavy atom. The van der Waals surface area contributed by atoms with Gasteiger partial charge in [0.25, 0.3) is 5.56 Å². The van der Waals surface area contributed by atoms with Gasteiger partial charge in [0.15, 0.2) is 0 Å². The standard InChI is InChI=1S/C10H7NO2S.Na/c12-8-6-14-10(11-9(8)13)7-4-2-1-3-5-7;/h1-6,12H;/q;+1/p-1. The maximum Gasteiger partial charge on any atom is 1.00 e. The summed E-state index contributed by atoms with van der Waals surface area (Å²) in [7, 11) is 0. The van der Waals surface area contributed by atoms with Gasteiger partial charge in [0.05, 0.1) is 0 Å². The molecular weight excluding hydrogens is 221 g/mol. The zero-order valence-corrected chi connectivity index (χ0v) is 11.0. The predicted octanol–water partition coefficient (Wildman–Crippen LogP) is -1.75. The summed E-state index contributed by atoms with van der Waals surface area (Å²) in [6.07, 6.45) is 0. The van der Waals surface area contributed by atoms with Gasteiger partial charge in [0.2, 0.25) is 0 Å². The second-order valence-corrected chi connectivity index (χ2v) is 3.55. The first-order valence-corrected chi connectivity index (χ1v) is 4.87. The SMILES string of the molecule is O=c1nc(-c2ccccc2)scc1[O-].[Na+]. The second kappa shape index (κ2) is 5.42. The third-order valence-electron chi connectivity index (χ3n) is 1.71. The summed E-state index contributed by atoms with van der Waals surface area (Å²) in [5, 5.41) is 12.7. The van der Waals surface area contributed by atoms with E-state index in [1.165, 1.54) is 16.7 Å². The van der Waals surface area contributed by atoms with Crippen LogP contribution in [0.3, 0.4) is 0 Å². The number of benzene rings is 1. The van der Waals surface area contributed by atoms with Crippen LogP contribution in [0.5, 0.6) is 5.75 Å². The van der Waals surface area contributed by atoms with Gasteiger partial charge in [0, 0.05) is 5.56 Å². The molecule has 0 atom stereocenters. The maximum absolute atomic E-state index is 11.0. The van der Waals surface area contributed by atoms with E-state index in [1.807, 2.05) is 30.3 Å². The van der Waals surface area contributed by atoms with Crippen molar-refractivity contribution < 1.29 is 34.7 Å². The molecule has 0 aliphatic rings. The zero-order chi connectivity index (χ0) is 9.97. The van der Waals surface area contributed by atoms with Crippen molar-refractivity contribution in [3.05, 3.63) is 46.1 Å². The van der Waals surface area contributed by atoms with E-state index in [-0.39, 0.29) is 29.6 Å². The molecule has 70 valence electrons. The van der Waals surface area contributed by atoms with Gasteiger partial charge in [-0.1, -0.05) is 30.3 Å². The van der Waals surface area contributed by atoms with Crippen molar-refractivity contribution in [3.8, 4) is 16.3 Å². The Labute approximate surface area is 113 Å². The number of hydrogen-bond acceptors (Lipinski definition) is 4. The Morgan fingerprint density at radius 1 is 1.20 bits per heavy atom. The van der Waals surface area contributed by atoms with Gasteiger partial charge < -0.3 is 5.11 Å². The molecule has 0 saturated carbocycles. The van der Waals surface area contributed by atoms with E-state index >= 15 is 0 Å². The molecule has 0 aliphatic heterocycles. The van der Waals surface area contributed by atoms with Crippen molar-refractivity contribution in [2.45, 2.75) is 0 Å². The number of rotatable bonds is 1. The molecular formula is C10H6NNaO2S. The van der Waals surface area contributed by atoms with E-state index in [9.17, 15) is 9.90 Å². The molecule has 0 radical (unpaired) electrons. The number of hydrogen-bond donors (Lipinski definition) is 0. The zero-order valence-electron chi connectivity index (χ0n) is 8.14. The summed E-state index contributed by atoms with van der Waals surface area (Å²) < 4.78 is 0. The molecule has 1 aromatic heterocycles. The van der Waals surface area contributed by atoms with Crippen molar-refractivity contribution in [2.24, 2.45) is 0 Å². The molecule has 0 saturated heterocycles. The Morgan fingerprint density at radius 3 is 2.47 bits per heavy atom. The summed E-state index contributed by atoms with van der Waals surface area (Å²) in [6.45, 7) is 0. The van der Waals surface area contributed by atoms with Crippen LogP contribution in [0.2, 0.25) is 0 Å². The smallest absolute Gasteiger partial charge is 0.868 e. The Bertz CT molecular complexity index is 498. The summed E-state index contributed by atoms with van der Waals surface area (Å²) in [5.74, 6) is -0.547. The quantitative estimate of drug-likeness (QED) is 0.543. The first-order valence-electron chi connectivity index (χ1n) is 3.99. The molecule has 1 heterocycles. The number of aromatic nitrogens is 1. The molecule has 0 amide bonds. The maximum atomic E-state index is 11.0. The third kappa shape index (κ3) is 2.89. The summed E-state index contributed by atoms with van der Waals surface area (Å²) >= 11 is 1.18. The molecule has 2 rings (SSSR count). The molecule has 2 aromatic rings. The molecule has 0 aliphatic carbocycles. The second-order valence-electron chi connectivity index (χ2n) is 2.69. The van der Waals surface area contributed by atoms with Crippen LogP contribution < -0.4 is 40.2 Å². The van der Waals surface area contributed by atoms with Crippen LogP contribution in [0, 0.1) is 0 Å². The van der Waals surface area contributed by atoms with Gasteiger partial charge in [0.1, 0.15) is 5.01 Å². The van der Waals surface area contributed by atoms with Gasteiger partial charge >= 0.3 is 29.6 Å². The summed E-state index contributed by atoms with van der Waals surface area (Å²) in [5.41, 5.74) is 0.164. The van der Waals surface area contributed by atoms with Crippen LogP contribution in [-0.4, -0.2) is 4.98 Å². The van der Waals surface area contributed by atoms with Gasteiger partial charge in [-0.25, -0.2) is 0 Å². The summed E-state index contributed by atoms with van der Waals surface area (Å²) in [4.78, 5) is 14.7. The predicted molar refractivity (Wildman–Crippen MR) is 53.3 cm³/mol. The Balaban J connectivity index is 0.00000112. The normalized spacial score (nSPS) is 9.33. The van der Waals surface area contributed by atoms with E-state index in [4.69, 9.17) is 0 Å². The first-order chi connectivity index (χ1) is 6.77. The molecule has 3 nitrogen and oxygen atoms in total. The van der Waals surface area contributed by atoms with Gasteiger partial charge in [-0.2, -0.15) is 4.98 Å². The third-order valence-corrected chi connectivity index (χ3v) is 2.59. The minimum absolute atomic E-state index is 0. The first kappa shape index (κ1) is 12.4. The average Bonchev–Trinajstić information content (AvgIpc) is 2.23. The van der Waals surface area contributed by atoms with Crippen LogP contribution in [0.15, 0.2) is 40.5 Å². The van der Waals surface area contributed by atoms with Crippen molar-refractivity contribution in [3.63, 3.8) is 0 Å². The average molecular weight is 227 g/mol. The fourth-order valence-electron chi connectivity index (χ4n) is 1.05. The van der Waals surface area contributed by atoms with E-state index in [0.717, 1.165) is 5.56 Å². The minimum Gasteiger partial charge on any atom is -0.868 e. The van der Waals surface area contributed by atoms with E-state index in [1.54, 1.807) is 0 Å². The van der Waals surface area contributed by atoms with Crippen molar-refractivity contribution >= 4 is 11.3 Å². The van der Waals surface area contributed by atoms with Crippen molar-refractivity contribution in [1.29, 1.82) is 0 Å². The molecule has 0 unspecified atom stereocenters. The van der Waals surface area contributed by atoms with Crippen molar-refractivity contribution in [1.82, 2.24) is 4.98 Å². The molecule has 1 aromatic carbocycles. The fourth-order valence-corrected chi connectivity index (χ4v) is 1.77. The molecule has 0 bridgehead atoms. The van der Waals surface area contributed by atoms with Gasteiger partial charge in [-0.15, -0.1) is 11.3 Å². The van der Waals surface area contributed by atoms with Crippen LogP contribution in [0.4, 0.5) is 0 Å². The van der Waals surface area contributed by atoms with Crippen molar-refractivity contribution in [2.75, 3.05) is 0 Å². The Hall–Kier alpha value is -0.680. The molecule has 15 heavy (non-hydrogen) atoms. The molecule has 5 heteroatoms. The topological polar surface area (TPSA) is 53.0 Å². The molecule has 0 spiro atoms. The molecule has 0 N–H and O–H groups in total. The van der Waals surface area contributed by atoms with Crippen LogP contribution in [0.25, 0.3) is 10.6 Å². The largest absolute Gasteiger partial charge is 1.00 e. The minimum atomic E-state index is -0.692. The van der Waals surface area contributed by atoms with E-state index in [2.05, 4.69) is 4.98 Å². The van der Waals surface area contributed by atoms with Crippen LogP contribution in [-0.2, 0) is 0 Å². The fraction of sp³-hybridized carbons (Fsp3) is 0. The summed E-state index contributed by atoms with van der Waals surface area (Å²) in [6, 6.07) is 9.30. The molecule has 0 fully saturated rings. The van der Waals surface area contributed by atoms with Gasteiger partial charge in [-0.05, 0) is 11.1 Å².